The van der Waals surface area contributed by atoms with E-state index in [1.165, 1.54) is 5.56 Å². The quantitative estimate of drug-likeness (QED) is 0.378. The third-order valence-electron chi connectivity index (χ3n) is 4.50. The van der Waals surface area contributed by atoms with Crippen LogP contribution in [0.3, 0.4) is 0 Å². The van der Waals surface area contributed by atoms with Crippen LogP contribution < -0.4 is 10.6 Å². The number of aliphatic imine (C=N–C) groups is 1. The third kappa shape index (κ3) is 8.17. The van der Waals surface area contributed by atoms with Crippen LogP contribution in [0.15, 0.2) is 35.3 Å². The molecule has 0 saturated carbocycles. The highest BCUT2D eigenvalue weighted by Gasteiger charge is 2.19. The number of guanidine groups is 1. The van der Waals surface area contributed by atoms with E-state index in [-0.39, 0.29) is 0 Å². The monoisotopic (exact) mass is 362 g/mol. The van der Waals surface area contributed by atoms with Crippen LogP contribution >= 0.6 is 0 Å². The lowest BCUT2D eigenvalue weighted by Gasteiger charge is -2.32. The average Bonchev–Trinajstić information content (AvgIpc) is 2.68. The first-order valence-corrected chi connectivity index (χ1v) is 9.69. The summed E-state index contributed by atoms with van der Waals surface area (Å²) in [4.78, 5) is 7.10. The standard InChI is InChI=1S/C20H34N4O2/c1-3-21-20(22-11-15-26-17-18-7-5-4-6-8-18)23-19-9-12-24(13-10-19)14-16-25-2/h4-8,19H,3,9-17H2,1-2H3,(H2,21,22,23). The Hall–Kier alpha value is -1.63. The Morgan fingerprint density at radius 3 is 2.65 bits per heavy atom. The lowest BCUT2D eigenvalue weighted by atomic mass is 10.1. The number of nitrogens with one attached hydrogen (secondary N) is 2. The fourth-order valence-corrected chi connectivity index (χ4v) is 3.02. The normalized spacial score (nSPS) is 16.6. The van der Waals surface area contributed by atoms with Crippen molar-refractivity contribution >= 4 is 5.96 Å². The summed E-state index contributed by atoms with van der Waals surface area (Å²) in [5.41, 5.74) is 1.20. The maximum atomic E-state index is 5.71. The van der Waals surface area contributed by atoms with Gasteiger partial charge in [0.2, 0.25) is 0 Å². The molecule has 0 aliphatic carbocycles. The second-order valence-electron chi connectivity index (χ2n) is 6.55. The number of methoxy groups -OCH3 is 1. The van der Waals surface area contributed by atoms with Gasteiger partial charge in [-0.15, -0.1) is 0 Å². The van der Waals surface area contributed by atoms with Gasteiger partial charge in [-0.05, 0) is 25.3 Å². The first-order valence-electron chi connectivity index (χ1n) is 9.69. The van der Waals surface area contributed by atoms with E-state index in [2.05, 4.69) is 39.6 Å². The highest BCUT2D eigenvalue weighted by atomic mass is 16.5. The molecule has 1 aliphatic rings. The molecule has 0 unspecified atom stereocenters. The number of ether oxygens (including phenoxy) is 2. The number of nitrogens with zero attached hydrogens (tertiary/aromatic N) is 2. The molecule has 26 heavy (non-hydrogen) atoms. The smallest absolute Gasteiger partial charge is 0.191 e. The van der Waals surface area contributed by atoms with Crippen LogP contribution in [-0.2, 0) is 16.1 Å². The van der Waals surface area contributed by atoms with E-state index in [9.17, 15) is 0 Å². The summed E-state index contributed by atoms with van der Waals surface area (Å²) in [5.74, 6) is 0.895. The summed E-state index contributed by atoms with van der Waals surface area (Å²) >= 11 is 0. The highest BCUT2D eigenvalue weighted by Crippen LogP contribution is 2.09. The fourth-order valence-electron chi connectivity index (χ4n) is 3.02. The Balaban J connectivity index is 1.66. The molecule has 1 saturated heterocycles. The lowest BCUT2D eigenvalue weighted by molar-refractivity contribution is 0.127. The number of hydrogen-bond acceptors (Lipinski definition) is 4. The molecule has 0 bridgehead atoms. The summed E-state index contributed by atoms with van der Waals surface area (Å²) < 4.78 is 10.9. The molecule has 0 amide bonds. The van der Waals surface area contributed by atoms with E-state index < -0.39 is 0 Å². The Kier molecular flexibility index (Phi) is 10.1. The SMILES string of the molecule is CCNC(=NCCOCc1ccccc1)NC1CCN(CCOC)CC1. The van der Waals surface area contributed by atoms with E-state index >= 15 is 0 Å². The van der Waals surface area contributed by atoms with Gasteiger partial charge in [0.05, 0.1) is 26.4 Å². The molecule has 1 fully saturated rings. The molecule has 2 N–H and O–H groups in total. The van der Waals surface area contributed by atoms with Gasteiger partial charge in [0.15, 0.2) is 5.96 Å². The van der Waals surface area contributed by atoms with Gasteiger partial charge < -0.3 is 25.0 Å². The summed E-state index contributed by atoms with van der Waals surface area (Å²) in [5, 5.41) is 6.90. The van der Waals surface area contributed by atoms with Crippen LogP contribution in [0.4, 0.5) is 0 Å². The Morgan fingerprint density at radius 2 is 1.96 bits per heavy atom. The summed E-state index contributed by atoms with van der Waals surface area (Å²) in [6, 6.07) is 10.7. The second-order valence-corrected chi connectivity index (χ2v) is 6.55. The van der Waals surface area contributed by atoms with Crippen LogP contribution in [0, 0.1) is 0 Å². The summed E-state index contributed by atoms with van der Waals surface area (Å²) in [6.45, 7) is 8.94. The molecular formula is C20H34N4O2. The zero-order valence-electron chi connectivity index (χ0n) is 16.2. The van der Waals surface area contributed by atoms with E-state index in [1.807, 2.05) is 18.2 Å². The van der Waals surface area contributed by atoms with Gasteiger partial charge in [-0.2, -0.15) is 0 Å². The predicted octanol–water partition coefficient (Wildman–Crippen LogP) is 1.87. The molecule has 1 aromatic carbocycles. The topological polar surface area (TPSA) is 58.1 Å². The van der Waals surface area contributed by atoms with Crippen molar-refractivity contribution in [1.82, 2.24) is 15.5 Å². The van der Waals surface area contributed by atoms with Crippen molar-refractivity contribution in [3.05, 3.63) is 35.9 Å². The fraction of sp³-hybridized carbons (Fsp3) is 0.650. The van der Waals surface area contributed by atoms with Crippen molar-refractivity contribution in [2.75, 3.05) is 53.0 Å². The van der Waals surface area contributed by atoms with E-state index in [4.69, 9.17) is 9.47 Å². The van der Waals surface area contributed by atoms with Gasteiger partial charge in [-0.3, -0.25) is 4.99 Å². The first kappa shape index (κ1) is 20.7. The van der Waals surface area contributed by atoms with Crippen molar-refractivity contribution in [3.8, 4) is 0 Å². The molecule has 1 aromatic rings. The van der Waals surface area contributed by atoms with Crippen LogP contribution in [-0.4, -0.2) is 69.9 Å². The van der Waals surface area contributed by atoms with E-state index in [1.54, 1.807) is 7.11 Å². The van der Waals surface area contributed by atoms with Crippen molar-refractivity contribution in [1.29, 1.82) is 0 Å². The van der Waals surface area contributed by atoms with Crippen molar-refractivity contribution in [2.45, 2.75) is 32.4 Å². The molecule has 1 heterocycles. The average molecular weight is 363 g/mol. The molecule has 6 nitrogen and oxygen atoms in total. The van der Waals surface area contributed by atoms with Crippen LogP contribution in [0.5, 0.6) is 0 Å². The van der Waals surface area contributed by atoms with Crippen LogP contribution in [0.1, 0.15) is 25.3 Å². The van der Waals surface area contributed by atoms with Crippen LogP contribution in [0.2, 0.25) is 0 Å². The highest BCUT2D eigenvalue weighted by molar-refractivity contribution is 5.80. The Bertz CT molecular complexity index is 502. The number of piperidine rings is 1. The van der Waals surface area contributed by atoms with Gasteiger partial charge in [0.1, 0.15) is 0 Å². The molecule has 6 heteroatoms. The van der Waals surface area contributed by atoms with Gasteiger partial charge in [0.25, 0.3) is 0 Å². The molecular weight excluding hydrogens is 328 g/mol. The molecule has 0 radical (unpaired) electrons. The van der Waals surface area contributed by atoms with Gasteiger partial charge in [0, 0.05) is 39.3 Å². The Morgan fingerprint density at radius 1 is 1.19 bits per heavy atom. The Labute approximate surface area is 158 Å². The van der Waals surface area contributed by atoms with Crippen molar-refractivity contribution < 1.29 is 9.47 Å². The minimum atomic E-state index is 0.483. The zero-order chi connectivity index (χ0) is 18.5. The number of likely N-dealkylation sites (tertiary alicyclic amines) is 1. The molecule has 2 rings (SSSR count). The summed E-state index contributed by atoms with van der Waals surface area (Å²) in [6.07, 6.45) is 2.28. The maximum Gasteiger partial charge on any atom is 0.191 e. The number of rotatable bonds is 10. The lowest BCUT2D eigenvalue weighted by Crippen LogP contribution is -2.49. The van der Waals surface area contributed by atoms with Crippen LogP contribution in [0.25, 0.3) is 0 Å². The molecule has 0 aromatic heterocycles. The maximum absolute atomic E-state index is 5.71. The minimum Gasteiger partial charge on any atom is -0.383 e. The molecule has 146 valence electrons. The van der Waals surface area contributed by atoms with Gasteiger partial charge >= 0.3 is 0 Å². The van der Waals surface area contributed by atoms with Crippen molar-refractivity contribution in [2.24, 2.45) is 4.99 Å². The molecule has 1 aliphatic heterocycles. The largest absolute Gasteiger partial charge is 0.383 e. The number of benzene rings is 1. The zero-order valence-corrected chi connectivity index (χ0v) is 16.2. The van der Waals surface area contributed by atoms with E-state index in [0.717, 1.165) is 51.6 Å². The predicted molar refractivity (Wildman–Crippen MR) is 107 cm³/mol. The van der Waals surface area contributed by atoms with E-state index in [0.29, 0.717) is 25.8 Å². The summed E-state index contributed by atoms with van der Waals surface area (Å²) in [7, 11) is 1.76. The molecule has 0 spiro atoms. The second kappa shape index (κ2) is 12.7. The number of hydrogen-bond donors (Lipinski definition) is 2. The molecule has 0 atom stereocenters. The third-order valence-corrected chi connectivity index (χ3v) is 4.50. The first-order chi connectivity index (χ1) is 12.8. The van der Waals surface area contributed by atoms with Gasteiger partial charge in [-0.25, -0.2) is 0 Å². The minimum absolute atomic E-state index is 0.483. The van der Waals surface area contributed by atoms with Crippen molar-refractivity contribution in [3.63, 3.8) is 0 Å². The van der Waals surface area contributed by atoms with Gasteiger partial charge in [-0.1, -0.05) is 30.3 Å².